The van der Waals surface area contributed by atoms with Crippen molar-refractivity contribution in [2.75, 3.05) is 6.61 Å². The fourth-order valence-corrected chi connectivity index (χ4v) is 3.25. The number of ether oxygens (including phenoxy) is 1. The summed E-state index contributed by atoms with van der Waals surface area (Å²) in [4.78, 5) is 16.1. The van der Waals surface area contributed by atoms with Crippen LogP contribution in [-0.4, -0.2) is 27.3 Å². The van der Waals surface area contributed by atoms with E-state index >= 15 is 0 Å². The molecule has 0 radical (unpaired) electrons. The van der Waals surface area contributed by atoms with E-state index in [-0.39, 0.29) is 23.6 Å². The molecule has 0 amide bonds. The average Bonchev–Trinajstić information content (AvgIpc) is 3.28. The van der Waals surface area contributed by atoms with Crippen LogP contribution in [0, 0.1) is 11.7 Å². The molecule has 0 spiro atoms. The Hall–Kier alpha value is -2.76. The van der Waals surface area contributed by atoms with Gasteiger partial charge in [0.2, 0.25) is 0 Å². The lowest BCUT2D eigenvalue weighted by atomic mass is 10.0. The number of aromatic nitrogens is 3. The standard InChI is InChI=1S/C19H18FN3O2/c1-3-25-19(24)16-8-15(16)14-5-4-11(7-17(14)20)12-6-13-10-23(2)22-18(13)21-9-12/h4-7,9-10,15-16H,3,8H2,1-2H3/t15-,16+/m1/s1. The third-order valence-corrected chi connectivity index (χ3v) is 4.59. The minimum atomic E-state index is -0.291. The highest BCUT2D eigenvalue weighted by molar-refractivity contribution is 5.81. The molecule has 0 N–H and O–H groups in total. The topological polar surface area (TPSA) is 57.0 Å². The molecule has 1 aromatic carbocycles. The Kier molecular flexibility index (Phi) is 3.75. The van der Waals surface area contributed by atoms with Crippen molar-refractivity contribution in [1.82, 2.24) is 14.8 Å². The maximum Gasteiger partial charge on any atom is 0.309 e. The molecule has 2 heterocycles. The number of pyridine rings is 1. The summed E-state index contributed by atoms with van der Waals surface area (Å²) >= 11 is 0. The Bertz CT molecular complexity index is 966. The van der Waals surface area contributed by atoms with Gasteiger partial charge in [-0.25, -0.2) is 9.37 Å². The third-order valence-electron chi connectivity index (χ3n) is 4.59. The van der Waals surface area contributed by atoms with Crippen molar-refractivity contribution in [2.45, 2.75) is 19.3 Å². The maximum atomic E-state index is 14.6. The molecule has 1 fully saturated rings. The maximum absolute atomic E-state index is 14.6. The molecule has 3 aromatic rings. The van der Waals surface area contributed by atoms with Gasteiger partial charge in [-0.1, -0.05) is 12.1 Å². The molecule has 0 saturated heterocycles. The quantitative estimate of drug-likeness (QED) is 0.683. The zero-order valence-electron chi connectivity index (χ0n) is 14.1. The van der Waals surface area contributed by atoms with Crippen LogP contribution in [0.15, 0.2) is 36.7 Å². The molecule has 6 heteroatoms. The fourth-order valence-electron chi connectivity index (χ4n) is 3.25. The summed E-state index contributed by atoms with van der Waals surface area (Å²) < 4.78 is 21.3. The number of hydrogen-bond donors (Lipinski definition) is 0. The first-order chi connectivity index (χ1) is 12.1. The number of carbonyl (C=O) groups is 1. The van der Waals surface area contributed by atoms with E-state index in [2.05, 4.69) is 10.1 Å². The van der Waals surface area contributed by atoms with Gasteiger partial charge in [-0.05, 0) is 36.6 Å². The van der Waals surface area contributed by atoms with E-state index in [1.165, 1.54) is 6.07 Å². The van der Waals surface area contributed by atoms with Gasteiger partial charge < -0.3 is 4.74 Å². The molecule has 25 heavy (non-hydrogen) atoms. The van der Waals surface area contributed by atoms with Crippen LogP contribution in [-0.2, 0) is 16.6 Å². The van der Waals surface area contributed by atoms with E-state index in [4.69, 9.17) is 4.74 Å². The SMILES string of the molecule is CCOC(=O)[C@H]1C[C@@H]1c1ccc(-c2cnc3nn(C)cc3c2)cc1F. The highest BCUT2D eigenvalue weighted by Gasteiger charge is 2.46. The lowest BCUT2D eigenvalue weighted by molar-refractivity contribution is -0.144. The normalized spacial score (nSPS) is 19.2. The Balaban J connectivity index is 1.60. The van der Waals surface area contributed by atoms with Crippen LogP contribution in [0.4, 0.5) is 4.39 Å². The second-order valence-corrected chi connectivity index (χ2v) is 6.38. The second-order valence-electron chi connectivity index (χ2n) is 6.38. The molecule has 128 valence electrons. The number of rotatable bonds is 4. The van der Waals surface area contributed by atoms with Gasteiger partial charge in [-0.2, -0.15) is 5.10 Å². The van der Waals surface area contributed by atoms with Crippen molar-refractivity contribution >= 4 is 17.0 Å². The van der Waals surface area contributed by atoms with Crippen LogP contribution in [0.5, 0.6) is 0 Å². The predicted molar refractivity (Wildman–Crippen MR) is 91.4 cm³/mol. The fraction of sp³-hybridized carbons (Fsp3) is 0.316. The van der Waals surface area contributed by atoms with Crippen LogP contribution >= 0.6 is 0 Å². The molecule has 2 aromatic heterocycles. The first kappa shape index (κ1) is 15.7. The Morgan fingerprint density at radius 3 is 2.96 bits per heavy atom. The zero-order valence-corrected chi connectivity index (χ0v) is 14.1. The first-order valence-corrected chi connectivity index (χ1v) is 8.32. The Morgan fingerprint density at radius 1 is 1.36 bits per heavy atom. The average molecular weight is 339 g/mol. The summed E-state index contributed by atoms with van der Waals surface area (Å²) in [6.45, 7) is 2.13. The third kappa shape index (κ3) is 2.88. The van der Waals surface area contributed by atoms with Crippen molar-refractivity contribution in [1.29, 1.82) is 0 Å². The molecular weight excluding hydrogens is 321 g/mol. The van der Waals surface area contributed by atoms with Crippen LogP contribution in [0.3, 0.4) is 0 Å². The molecule has 0 unspecified atom stereocenters. The van der Waals surface area contributed by atoms with E-state index in [0.29, 0.717) is 24.2 Å². The minimum Gasteiger partial charge on any atom is -0.466 e. The van der Waals surface area contributed by atoms with E-state index in [1.807, 2.05) is 25.4 Å². The number of esters is 1. The summed E-state index contributed by atoms with van der Waals surface area (Å²) in [5.74, 6) is -0.816. The van der Waals surface area contributed by atoms with E-state index < -0.39 is 0 Å². The number of halogens is 1. The van der Waals surface area contributed by atoms with Crippen LogP contribution in [0.1, 0.15) is 24.8 Å². The van der Waals surface area contributed by atoms with Crippen molar-refractivity contribution in [3.63, 3.8) is 0 Å². The first-order valence-electron chi connectivity index (χ1n) is 8.32. The summed E-state index contributed by atoms with van der Waals surface area (Å²) in [5.41, 5.74) is 2.84. The van der Waals surface area contributed by atoms with Gasteiger partial charge in [-0.3, -0.25) is 9.48 Å². The molecule has 1 aliphatic carbocycles. The van der Waals surface area contributed by atoms with Crippen molar-refractivity contribution in [2.24, 2.45) is 13.0 Å². The summed E-state index contributed by atoms with van der Waals surface area (Å²) in [6, 6.07) is 7.09. The zero-order chi connectivity index (χ0) is 17.6. The Labute approximate surface area is 144 Å². The number of nitrogens with zero attached hydrogens (tertiary/aromatic N) is 3. The smallest absolute Gasteiger partial charge is 0.309 e. The number of fused-ring (bicyclic) bond motifs is 1. The lowest BCUT2D eigenvalue weighted by Crippen LogP contribution is -2.07. The molecule has 5 nitrogen and oxygen atoms in total. The number of carbonyl (C=O) groups excluding carboxylic acids is 1. The predicted octanol–water partition coefficient (Wildman–Crippen LogP) is 3.44. The van der Waals surface area contributed by atoms with Gasteiger partial charge in [-0.15, -0.1) is 0 Å². The molecule has 0 bridgehead atoms. The number of hydrogen-bond acceptors (Lipinski definition) is 4. The molecular formula is C19H18FN3O2. The van der Waals surface area contributed by atoms with Gasteiger partial charge >= 0.3 is 5.97 Å². The molecule has 1 saturated carbocycles. The summed E-state index contributed by atoms with van der Waals surface area (Å²) in [6.07, 6.45) is 4.23. The second kappa shape index (κ2) is 5.95. The molecule has 1 aliphatic rings. The van der Waals surface area contributed by atoms with Crippen molar-refractivity contribution in [3.05, 3.63) is 48.0 Å². The van der Waals surface area contributed by atoms with E-state index in [0.717, 1.165) is 16.5 Å². The van der Waals surface area contributed by atoms with Gasteiger partial charge in [0, 0.05) is 36.3 Å². The molecule has 2 atom stereocenters. The van der Waals surface area contributed by atoms with Crippen LogP contribution < -0.4 is 0 Å². The van der Waals surface area contributed by atoms with Gasteiger partial charge in [0.05, 0.1) is 12.5 Å². The van der Waals surface area contributed by atoms with Crippen LogP contribution in [0.2, 0.25) is 0 Å². The van der Waals surface area contributed by atoms with Gasteiger partial charge in [0.15, 0.2) is 5.65 Å². The summed E-state index contributed by atoms with van der Waals surface area (Å²) in [5, 5.41) is 5.15. The van der Waals surface area contributed by atoms with Crippen molar-refractivity contribution in [3.8, 4) is 11.1 Å². The van der Waals surface area contributed by atoms with Crippen molar-refractivity contribution < 1.29 is 13.9 Å². The largest absolute Gasteiger partial charge is 0.466 e. The molecule has 4 rings (SSSR count). The van der Waals surface area contributed by atoms with E-state index in [1.54, 1.807) is 23.9 Å². The highest BCUT2D eigenvalue weighted by atomic mass is 19.1. The van der Waals surface area contributed by atoms with Gasteiger partial charge in [0.25, 0.3) is 0 Å². The highest BCUT2D eigenvalue weighted by Crippen LogP contribution is 2.49. The number of aryl methyl sites for hydroxylation is 1. The molecule has 0 aliphatic heterocycles. The van der Waals surface area contributed by atoms with E-state index in [9.17, 15) is 9.18 Å². The minimum absolute atomic E-state index is 0.0768. The van der Waals surface area contributed by atoms with Gasteiger partial charge in [0.1, 0.15) is 5.82 Å². The Morgan fingerprint density at radius 2 is 2.20 bits per heavy atom. The monoisotopic (exact) mass is 339 g/mol. The lowest BCUT2D eigenvalue weighted by Gasteiger charge is -2.06. The number of benzene rings is 1. The van der Waals surface area contributed by atoms with Crippen LogP contribution in [0.25, 0.3) is 22.2 Å². The summed E-state index contributed by atoms with van der Waals surface area (Å²) in [7, 11) is 1.84.